The standard InChI is InChI=1S/C24H31N7O9/c25-15(5-6-20(34)35)21(36)29-16(7-12-1-3-14(32)4-2-12)22(37)30-17(9-19(26)33)23(38)31-18(24(39)40)8-13-10-27-11-28-13/h1-4,10-11,15-18,32H,5-9,25H2,(H2,26,33)(H,27,28)(H,29,36)(H,30,37)(H,31,38)(H,34,35)(H,39,40). The van der Waals surface area contributed by atoms with Gasteiger partial charge in [-0.3, -0.25) is 24.0 Å². The number of aromatic hydroxyl groups is 1. The Morgan fingerprint density at radius 3 is 2.02 bits per heavy atom. The van der Waals surface area contributed by atoms with Crippen molar-refractivity contribution in [1.29, 1.82) is 0 Å². The number of carbonyl (C=O) groups is 6. The molecule has 0 spiro atoms. The molecular weight excluding hydrogens is 530 g/mol. The maximum Gasteiger partial charge on any atom is 0.326 e. The first-order valence-corrected chi connectivity index (χ1v) is 12.0. The Hall–Kier alpha value is -4.99. The number of aromatic nitrogens is 2. The number of imidazole rings is 1. The van der Waals surface area contributed by atoms with E-state index in [0.717, 1.165) is 0 Å². The lowest BCUT2D eigenvalue weighted by Gasteiger charge is -2.25. The van der Waals surface area contributed by atoms with Crippen LogP contribution in [0.4, 0.5) is 0 Å². The van der Waals surface area contributed by atoms with Crippen molar-refractivity contribution in [3.63, 3.8) is 0 Å². The first-order valence-electron chi connectivity index (χ1n) is 12.0. The molecule has 1 heterocycles. The number of nitrogens with zero attached hydrogens (tertiary/aromatic N) is 1. The van der Waals surface area contributed by atoms with Crippen LogP contribution in [0.15, 0.2) is 36.8 Å². The molecule has 0 fully saturated rings. The van der Waals surface area contributed by atoms with Crippen molar-refractivity contribution in [2.45, 2.75) is 56.3 Å². The van der Waals surface area contributed by atoms with Crippen molar-refractivity contribution in [1.82, 2.24) is 25.9 Å². The Labute approximate surface area is 227 Å². The van der Waals surface area contributed by atoms with Gasteiger partial charge in [0.05, 0.1) is 18.8 Å². The monoisotopic (exact) mass is 561 g/mol. The van der Waals surface area contributed by atoms with Gasteiger partial charge in [-0.2, -0.15) is 0 Å². The minimum Gasteiger partial charge on any atom is -0.508 e. The summed E-state index contributed by atoms with van der Waals surface area (Å²) in [6.45, 7) is 0. The normalized spacial score (nSPS) is 13.7. The molecule has 4 unspecified atom stereocenters. The molecule has 11 N–H and O–H groups in total. The number of hydrogen-bond acceptors (Lipinski definition) is 9. The molecule has 1 aromatic carbocycles. The van der Waals surface area contributed by atoms with E-state index in [9.17, 15) is 39.0 Å². The van der Waals surface area contributed by atoms with E-state index in [2.05, 4.69) is 25.9 Å². The number of benzene rings is 1. The van der Waals surface area contributed by atoms with Crippen molar-refractivity contribution in [3.8, 4) is 5.75 Å². The number of nitrogens with one attached hydrogen (secondary N) is 4. The number of rotatable bonds is 16. The van der Waals surface area contributed by atoms with E-state index < -0.39 is 72.6 Å². The summed E-state index contributed by atoms with van der Waals surface area (Å²) in [5.74, 6) is -6.39. The van der Waals surface area contributed by atoms with Crippen LogP contribution < -0.4 is 27.4 Å². The fraction of sp³-hybridized carbons (Fsp3) is 0.375. The molecule has 0 aliphatic heterocycles. The summed E-state index contributed by atoms with van der Waals surface area (Å²) in [5.41, 5.74) is 11.9. The number of nitrogens with two attached hydrogens (primary N) is 2. The number of primary amides is 1. The minimum atomic E-state index is -1.60. The van der Waals surface area contributed by atoms with E-state index in [-0.39, 0.29) is 25.0 Å². The summed E-state index contributed by atoms with van der Waals surface area (Å²) in [6, 6.07) is -0.0293. The van der Waals surface area contributed by atoms with Gasteiger partial charge in [0.15, 0.2) is 0 Å². The fourth-order valence-corrected chi connectivity index (χ4v) is 3.54. The average Bonchev–Trinajstić information content (AvgIpc) is 3.40. The van der Waals surface area contributed by atoms with Crippen molar-refractivity contribution in [3.05, 3.63) is 48.0 Å². The lowest BCUT2D eigenvalue weighted by molar-refractivity contribution is -0.142. The van der Waals surface area contributed by atoms with Crippen molar-refractivity contribution in [2.24, 2.45) is 11.5 Å². The Balaban J connectivity index is 2.22. The zero-order valence-corrected chi connectivity index (χ0v) is 21.2. The molecule has 0 saturated heterocycles. The smallest absolute Gasteiger partial charge is 0.326 e. The highest BCUT2D eigenvalue weighted by Crippen LogP contribution is 2.12. The first kappa shape index (κ1) is 31.2. The summed E-state index contributed by atoms with van der Waals surface area (Å²) >= 11 is 0. The molecule has 2 aromatic rings. The van der Waals surface area contributed by atoms with Gasteiger partial charge in [0.2, 0.25) is 23.6 Å². The predicted octanol–water partition coefficient (Wildman–Crippen LogP) is -2.49. The van der Waals surface area contributed by atoms with E-state index in [0.29, 0.717) is 11.3 Å². The van der Waals surface area contributed by atoms with Gasteiger partial charge in [-0.05, 0) is 24.1 Å². The van der Waals surface area contributed by atoms with Gasteiger partial charge in [-0.1, -0.05) is 12.1 Å². The zero-order valence-electron chi connectivity index (χ0n) is 21.2. The van der Waals surface area contributed by atoms with Crippen LogP contribution in [0.5, 0.6) is 5.75 Å². The topological polar surface area (TPSA) is 280 Å². The fourth-order valence-electron chi connectivity index (χ4n) is 3.54. The number of hydrogen-bond donors (Lipinski definition) is 9. The SMILES string of the molecule is NC(=O)CC(NC(=O)C(Cc1ccc(O)cc1)NC(=O)C(N)CCC(=O)O)C(=O)NC(Cc1cnc[nH]1)C(=O)O. The van der Waals surface area contributed by atoms with Gasteiger partial charge < -0.3 is 47.7 Å². The molecule has 0 radical (unpaired) electrons. The average molecular weight is 562 g/mol. The van der Waals surface area contributed by atoms with E-state index in [4.69, 9.17) is 16.6 Å². The van der Waals surface area contributed by atoms with Crippen molar-refractivity contribution in [2.75, 3.05) is 0 Å². The molecule has 216 valence electrons. The van der Waals surface area contributed by atoms with Gasteiger partial charge in [0.1, 0.15) is 23.9 Å². The van der Waals surface area contributed by atoms with E-state index >= 15 is 0 Å². The largest absolute Gasteiger partial charge is 0.508 e. The van der Waals surface area contributed by atoms with Gasteiger partial charge in [0, 0.05) is 31.2 Å². The molecule has 16 heteroatoms. The van der Waals surface area contributed by atoms with Gasteiger partial charge in [-0.15, -0.1) is 0 Å². The minimum absolute atomic E-state index is 0.0502. The quantitative estimate of drug-likeness (QED) is 0.103. The lowest BCUT2D eigenvalue weighted by Crippen LogP contribution is -2.58. The van der Waals surface area contributed by atoms with Crippen molar-refractivity contribution >= 4 is 35.6 Å². The zero-order chi connectivity index (χ0) is 29.8. The second-order valence-electron chi connectivity index (χ2n) is 8.88. The maximum atomic E-state index is 13.2. The van der Waals surface area contributed by atoms with Crippen LogP contribution in [0.3, 0.4) is 0 Å². The number of aliphatic carboxylic acids is 2. The second kappa shape index (κ2) is 14.8. The maximum absolute atomic E-state index is 13.2. The molecule has 0 aliphatic carbocycles. The third-order valence-electron chi connectivity index (χ3n) is 5.65. The highest BCUT2D eigenvalue weighted by molar-refractivity contribution is 5.96. The summed E-state index contributed by atoms with van der Waals surface area (Å²) in [5, 5.41) is 34.9. The second-order valence-corrected chi connectivity index (χ2v) is 8.88. The van der Waals surface area contributed by atoms with Crippen LogP contribution in [-0.4, -0.2) is 85.0 Å². The number of aromatic amines is 1. The predicted molar refractivity (Wildman–Crippen MR) is 136 cm³/mol. The van der Waals surface area contributed by atoms with Crippen LogP contribution in [0, 0.1) is 0 Å². The Bertz CT molecular complexity index is 1200. The van der Waals surface area contributed by atoms with Gasteiger partial charge >= 0.3 is 11.9 Å². The number of carboxylic acids is 2. The van der Waals surface area contributed by atoms with Crippen LogP contribution in [0.1, 0.15) is 30.5 Å². The molecule has 0 saturated carbocycles. The molecule has 40 heavy (non-hydrogen) atoms. The number of amides is 4. The molecule has 4 atom stereocenters. The van der Waals surface area contributed by atoms with E-state index in [1.807, 2.05) is 0 Å². The first-order chi connectivity index (χ1) is 18.8. The molecule has 2 rings (SSSR count). The number of carboxylic acid groups (broad SMARTS) is 2. The molecular formula is C24H31N7O9. The Morgan fingerprint density at radius 2 is 1.48 bits per heavy atom. The van der Waals surface area contributed by atoms with Crippen molar-refractivity contribution < 1.29 is 44.1 Å². The highest BCUT2D eigenvalue weighted by atomic mass is 16.4. The number of phenolic OH excluding ortho intramolecular Hbond substituents is 1. The van der Waals surface area contributed by atoms with Crippen LogP contribution in [0.25, 0.3) is 0 Å². The molecule has 4 amide bonds. The molecule has 0 aliphatic rings. The summed E-state index contributed by atoms with van der Waals surface area (Å²) in [6.07, 6.45) is 1.07. The van der Waals surface area contributed by atoms with Gasteiger partial charge in [-0.25, -0.2) is 9.78 Å². The van der Waals surface area contributed by atoms with E-state index in [1.165, 1.54) is 36.8 Å². The number of H-pyrrole nitrogens is 1. The molecule has 0 bridgehead atoms. The van der Waals surface area contributed by atoms with Crippen LogP contribution >= 0.6 is 0 Å². The third-order valence-corrected chi connectivity index (χ3v) is 5.65. The number of phenols is 1. The Morgan fingerprint density at radius 1 is 0.875 bits per heavy atom. The van der Waals surface area contributed by atoms with Gasteiger partial charge in [0.25, 0.3) is 0 Å². The molecule has 1 aromatic heterocycles. The van der Waals surface area contributed by atoms with E-state index in [1.54, 1.807) is 0 Å². The Kier molecular flexibility index (Phi) is 11.6. The summed E-state index contributed by atoms with van der Waals surface area (Å²) in [4.78, 5) is 79.5. The number of carbonyl (C=O) groups excluding carboxylic acids is 4. The lowest BCUT2D eigenvalue weighted by atomic mass is 10.0. The van der Waals surface area contributed by atoms with Crippen LogP contribution in [-0.2, 0) is 41.6 Å². The highest BCUT2D eigenvalue weighted by Gasteiger charge is 2.31. The molecule has 16 nitrogen and oxygen atoms in total. The summed E-state index contributed by atoms with van der Waals surface area (Å²) in [7, 11) is 0. The van der Waals surface area contributed by atoms with Crippen LogP contribution in [0.2, 0.25) is 0 Å². The third kappa shape index (κ3) is 10.4. The summed E-state index contributed by atoms with van der Waals surface area (Å²) < 4.78 is 0.